The minimum absolute atomic E-state index is 0.195. The molecule has 1 aromatic rings. The predicted molar refractivity (Wildman–Crippen MR) is 71.9 cm³/mol. The molecule has 17 heavy (non-hydrogen) atoms. The highest BCUT2D eigenvalue weighted by Crippen LogP contribution is 2.32. The summed E-state index contributed by atoms with van der Waals surface area (Å²) >= 11 is 2.21. The number of allylic oxidation sites excluding steroid dienone is 2. The quantitative estimate of drug-likeness (QED) is 0.784. The zero-order chi connectivity index (χ0) is 12.4. The molecule has 1 aliphatic rings. The molecular formula is C13H12FIO2. The maximum Gasteiger partial charge on any atom is 0.160 e. The molecular weight excluding hydrogens is 334 g/mol. The van der Waals surface area contributed by atoms with Crippen LogP contribution < -0.4 is 4.74 Å². The molecule has 0 atom stereocenters. The lowest BCUT2D eigenvalue weighted by Gasteiger charge is -2.09. The van der Waals surface area contributed by atoms with Crippen molar-refractivity contribution in [2.45, 2.75) is 19.3 Å². The van der Waals surface area contributed by atoms with Crippen LogP contribution in [0.1, 0.15) is 18.4 Å². The van der Waals surface area contributed by atoms with E-state index in [1.165, 1.54) is 19.2 Å². The summed E-state index contributed by atoms with van der Waals surface area (Å²) in [5.41, 5.74) is 1.70. The average molecular weight is 346 g/mol. The zero-order valence-corrected chi connectivity index (χ0v) is 11.6. The third-order valence-corrected chi connectivity index (χ3v) is 4.04. The highest BCUT2D eigenvalue weighted by Gasteiger charge is 2.22. The summed E-state index contributed by atoms with van der Waals surface area (Å²) in [6.45, 7) is 0. The van der Waals surface area contributed by atoms with E-state index in [4.69, 9.17) is 4.74 Å². The van der Waals surface area contributed by atoms with Crippen LogP contribution in [0.3, 0.4) is 0 Å². The largest absolute Gasteiger partial charge is 0.496 e. The molecule has 2 rings (SSSR count). The number of hydrogen-bond acceptors (Lipinski definition) is 2. The van der Waals surface area contributed by atoms with Crippen molar-refractivity contribution < 1.29 is 13.9 Å². The fraction of sp³-hybridized carbons (Fsp3) is 0.308. The van der Waals surface area contributed by atoms with Gasteiger partial charge in [0.25, 0.3) is 0 Å². The standard InChI is InChI=1S/C13H12FIO2/c1-17-13-7-9(14)3-2-8(13)6-10-11(15)4-5-12(10)16/h2-3,7H,4-6H2,1H3. The van der Waals surface area contributed by atoms with Gasteiger partial charge in [-0.25, -0.2) is 4.39 Å². The Labute approximate surface area is 113 Å². The van der Waals surface area contributed by atoms with E-state index in [2.05, 4.69) is 22.6 Å². The molecule has 4 heteroatoms. The highest BCUT2D eigenvalue weighted by molar-refractivity contribution is 14.1. The van der Waals surface area contributed by atoms with E-state index in [1.54, 1.807) is 6.07 Å². The highest BCUT2D eigenvalue weighted by atomic mass is 127. The molecule has 2 nitrogen and oxygen atoms in total. The SMILES string of the molecule is COc1cc(F)ccc1CC1=C(I)CCC1=O. The van der Waals surface area contributed by atoms with Crippen LogP contribution in [-0.4, -0.2) is 12.9 Å². The second kappa shape index (κ2) is 5.16. The van der Waals surface area contributed by atoms with Crippen LogP contribution in [0.25, 0.3) is 0 Å². The molecule has 0 aromatic heterocycles. The van der Waals surface area contributed by atoms with Gasteiger partial charge in [-0.15, -0.1) is 0 Å². The molecule has 0 aliphatic heterocycles. The molecule has 0 saturated carbocycles. The van der Waals surface area contributed by atoms with Crippen molar-refractivity contribution in [3.8, 4) is 5.75 Å². The Bertz CT molecular complexity index is 494. The number of rotatable bonds is 3. The Morgan fingerprint density at radius 2 is 2.18 bits per heavy atom. The van der Waals surface area contributed by atoms with Gasteiger partial charge in [-0.05, 0) is 44.2 Å². The van der Waals surface area contributed by atoms with E-state index in [1.807, 2.05) is 0 Å². The van der Waals surface area contributed by atoms with E-state index in [9.17, 15) is 9.18 Å². The summed E-state index contributed by atoms with van der Waals surface area (Å²) in [4.78, 5) is 11.7. The van der Waals surface area contributed by atoms with E-state index >= 15 is 0 Å². The lowest BCUT2D eigenvalue weighted by molar-refractivity contribution is -0.115. The van der Waals surface area contributed by atoms with E-state index in [-0.39, 0.29) is 11.6 Å². The van der Waals surface area contributed by atoms with Crippen molar-refractivity contribution in [3.05, 3.63) is 38.7 Å². The smallest absolute Gasteiger partial charge is 0.160 e. The summed E-state index contributed by atoms with van der Waals surface area (Å²) in [5, 5.41) is 0. The summed E-state index contributed by atoms with van der Waals surface area (Å²) in [6, 6.07) is 4.42. The second-order valence-electron chi connectivity index (χ2n) is 3.94. The molecule has 0 heterocycles. The summed E-state index contributed by atoms with van der Waals surface area (Å²) in [6.07, 6.45) is 1.95. The lowest BCUT2D eigenvalue weighted by Crippen LogP contribution is -2.02. The molecule has 0 unspecified atom stereocenters. The van der Waals surface area contributed by atoms with Gasteiger partial charge in [0.05, 0.1) is 7.11 Å². The number of hydrogen-bond donors (Lipinski definition) is 0. The number of Topliss-reactive ketones (excluding diaryl/α,β-unsaturated/α-hetero) is 1. The monoisotopic (exact) mass is 346 g/mol. The normalized spacial score (nSPS) is 15.6. The fourth-order valence-corrected chi connectivity index (χ4v) is 2.69. The van der Waals surface area contributed by atoms with Gasteiger partial charge in [0.15, 0.2) is 5.78 Å². The second-order valence-corrected chi connectivity index (χ2v) is 5.24. The van der Waals surface area contributed by atoms with Gasteiger partial charge >= 0.3 is 0 Å². The third-order valence-electron chi connectivity index (χ3n) is 2.85. The predicted octanol–water partition coefficient (Wildman–Crippen LogP) is 3.43. The first-order valence-electron chi connectivity index (χ1n) is 5.35. The average Bonchev–Trinajstić information content (AvgIpc) is 2.62. The molecule has 0 saturated heterocycles. The minimum atomic E-state index is -0.327. The topological polar surface area (TPSA) is 26.3 Å². The van der Waals surface area contributed by atoms with Crippen LogP contribution in [0.4, 0.5) is 4.39 Å². The van der Waals surface area contributed by atoms with E-state index in [0.717, 1.165) is 21.1 Å². The molecule has 0 spiro atoms. The Kier molecular flexibility index (Phi) is 3.81. The first kappa shape index (κ1) is 12.5. The molecule has 0 N–H and O–H groups in total. The maximum atomic E-state index is 13.0. The first-order valence-corrected chi connectivity index (χ1v) is 6.43. The van der Waals surface area contributed by atoms with Gasteiger partial charge < -0.3 is 4.74 Å². The Morgan fingerprint density at radius 3 is 2.76 bits per heavy atom. The van der Waals surface area contributed by atoms with Crippen molar-refractivity contribution in [1.29, 1.82) is 0 Å². The molecule has 0 radical (unpaired) electrons. The van der Waals surface area contributed by atoms with Crippen molar-refractivity contribution in [2.75, 3.05) is 7.11 Å². The lowest BCUT2D eigenvalue weighted by atomic mass is 10.0. The molecule has 90 valence electrons. The third kappa shape index (κ3) is 2.68. The molecule has 1 aromatic carbocycles. The fourth-order valence-electron chi connectivity index (χ4n) is 1.93. The van der Waals surface area contributed by atoms with Gasteiger partial charge in [0, 0.05) is 24.5 Å². The molecule has 0 bridgehead atoms. The first-order chi connectivity index (χ1) is 8.11. The Hall–Kier alpha value is -0.910. The summed E-state index contributed by atoms with van der Waals surface area (Å²) in [5.74, 6) is 0.370. The van der Waals surface area contributed by atoms with Crippen molar-refractivity contribution in [2.24, 2.45) is 0 Å². The van der Waals surface area contributed by atoms with Crippen LogP contribution in [-0.2, 0) is 11.2 Å². The Morgan fingerprint density at radius 1 is 1.41 bits per heavy atom. The number of ether oxygens (including phenoxy) is 1. The molecule has 1 aliphatic carbocycles. The Balaban J connectivity index is 2.30. The number of ketones is 1. The van der Waals surface area contributed by atoms with Gasteiger partial charge in [-0.3, -0.25) is 4.79 Å². The van der Waals surface area contributed by atoms with Crippen LogP contribution in [0.5, 0.6) is 5.75 Å². The van der Waals surface area contributed by atoms with Crippen LogP contribution in [0.15, 0.2) is 27.4 Å². The van der Waals surface area contributed by atoms with Gasteiger partial charge in [0.1, 0.15) is 11.6 Å². The summed E-state index contributed by atoms with van der Waals surface area (Å²) in [7, 11) is 1.51. The van der Waals surface area contributed by atoms with Crippen LogP contribution in [0.2, 0.25) is 0 Å². The molecule has 0 amide bonds. The van der Waals surface area contributed by atoms with Crippen molar-refractivity contribution >= 4 is 28.4 Å². The van der Waals surface area contributed by atoms with E-state index < -0.39 is 0 Å². The minimum Gasteiger partial charge on any atom is -0.496 e. The van der Waals surface area contributed by atoms with Gasteiger partial charge in [-0.2, -0.15) is 0 Å². The van der Waals surface area contributed by atoms with Gasteiger partial charge in [0.2, 0.25) is 0 Å². The number of halogens is 2. The van der Waals surface area contributed by atoms with E-state index in [0.29, 0.717) is 18.6 Å². The number of benzene rings is 1. The number of carbonyl (C=O) groups is 1. The number of methoxy groups -OCH3 is 1. The van der Waals surface area contributed by atoms with Crippen molar-refractivity contribution in [1.82, 2.24) is 0 Å². The van der Waals surface area contributed by atoms with Crippen molar-refractivity contribution in [3.63, 3.8) is 0 Å². The van der Waals surface area contributed by atoms with Crippen LogP contribution >= 0.6 is 22.6 Å². The van der Waals surface area contributed by atoms with Crippen LogP contribution in [0, 0.1) is 5.82 Å². The maximum absolute atomic E-state index is 13.0. The van der Waals surface area contributed by atoms with Gasteiger partial charge in [-0.1, -0.05) is 6.07 Å². The zero-order valence-electron chi connectivity index (χ0n) is 9.43. The summed E-state index contributed by atoms with van der Waals surface area (Å²) < 4.78 is 19.3. The number of carbonyl (C=O) groups excluding carboxylic acids is 1. The molecule has 0 fully saturated rings.